The molecule has 0 amide bonds. The number of likely N-dealkylation sites (tertiary alicyclic amines) is 1. The summed E-state index contributed by atoms with van der Waals surface area (Å²) in [6, 6.07) is 7.58. The molecular weight excluding hydrogens is 342 g/mol. The van der Waals surface area contributed by atoms with Crippen molar-refractivity contribution in [3.05, 3.63) is 60.1 Å². The van der Waals surface area contributed by atoms with Crippen molar-refractivity contribution < 1.29 is 10.2 Å². The molecule has 0 saturated carbocycles. The lowest BCUT2D eigenvalue weighted by atomic mass is 9.89. The van der Waals surface area contributed by atoms with E-state index in [9.17, 15) is 5.11 Å². The maximum absolute atomic E-state index is 9.67. The van der Waals surface area contributed by atoms with E-state index >= 15 is 0 Å². The second-order valence-electron chi connectivity index (χ2n) is 6.55. The lowest BCUT2D eigenvalue weighted by molar-refractivity contribution is 0.202. The molecule has 3 rings (SSSR count). The zero-order valence-corrected chi connectivity index (χ0v) is 15.4. The van der Waals surface area contributed by atoms with Crippen LogP contribution in [0.25, 0.3) is 5.82 Å². The SMILES string of the molecule is CC=N/C(=C\C=C\O)n1cc(CN2CCC(c3cccc(O)c3)CC2)nn1. The highest BCUT2D eigenvalue weighted by Crippen LogP contribution is 2.30. The lowest BCUT2D eigenvalue weighted by Gasteiger charge is -2.31. The van der Waals surface area contributed by atoms with Crippen LogP contribution in [0.1, 0.15) is 36.9 Å². The van der Waals surface area contributed by atoms with Gasteiger partial charge in [0.25, 0.3) is 0 Å². The highest BCUT2D eigenvalue weighted by atomic mass is 16.3. The third-order valence-corrected chi connectivity index (χ3v) is 4.68. The molecule has 1 aromatic carbocycles. The third-order valence-electron chi connectivity index (χ3n) is 4.68. The van der Waals surface area contributed by atoms with Crippen LogP contribution < -0.4 is 0 Å². The first kappa shape index (κ1) is 18.8. The van der Waals surface area contributed by atoms with Crippen LogP contribution in [0.2, 0.25) is 0 Å². The van der Waals surface area contributed by atoms with Crippen LogP contribution in [0.4, 0.5) is 0 Å². The standard InChI is InChI=1S/C20H25N5O2/c1-2-21-20(7-4-12-26)25-15-18(22-23-25)14-24-10-8-16(9-11-24)17-5-3-6-19(27)13-17/h2-7,12-13,15-16,26-27H,8-11,14H2,1H3/b12-4+,20-7+,21-2?. The summed E-state index contributed by atoms with van der Waals surface area (Å²) in [5, 5.41) is 26.9. The van der Waals surface area contributed by atoms with Gasteiger partial charge in [0, 0.05) is 12.8 Å². The van der Waals surface area contributed by atoms with Gasteiger partial charge in [0.05, 0.1) is 18.2 Å². The molecule has 142 valence electrons. The van der Waals surface area contributed by atoms with Gasteiger partial charge in [0.1, 0.15) is 5.75 Å². The predicted molar refractivity (Wildman–Crippen MR) is 106 cm³/mol. The van der Waals surface area contributed by atoms with Gasteiger partial charge in [-0.15, -0.1) is 5.10 Å². The summed E-state index contributed by atoms with van der Waals surface area (Å²) in [4.78, 5) is 6.61. The largest absolute Gasteiger partial charge is 0.516 e. The summed E-state index contributed by atoms with van der Waals surface area (Å²) in [7, 11) is 0. The van der Waals surface area contributed by atoms with Gasteiger partial charge in [-0.1, -0.05) is 17.3 Å². The van der Waals surface area contributed by atoms with Crippen LogP contribution in [0.3, 0.4) is 0 Å². The Hall–Kier alpha value is -2.93. The van der Waals surface area contributed by atoms with E-state index in [0.29, 0.717) is 17.5 Å². The number of aliphatic hydroxyl groups is 1. The highest BCUT2D eigenvalue weighted by molar-refractivity contribution is 5.63. The van der Waals surface area contributed by atoms with Crippen LogP contribution in [0.5, 0.6) is 5.75 Å². The van der Waals surface area contributed by atoms with E-state index in [0.717, 1.165) is 44.4 Å². The van der Waals surface area contributed by atoms with E-state index in [1.54, 1.807) is 23.0 Å². The quantitative estimate of drug-likeness (QED) is 0.465. The molecule has 7 heteroatoms. The first-order chi connectivity index (χ1) is 13.2. The van der Waals surface area contributed by atoms with E-state index in [-0.39, 0.29) is 0 Å². The molecule has 0 spiro atoms. The maximum Gasteiger partial charge on any atom is 0.154 e. The summed E-state index contributed by atoms with van der Waals surface area (Å²) >= 11 is 0. The van der Waals surface area contributed by atoms with Crippen LogP contribution in [0.15, 0.2) is 53.9 Å². The molecule has 2 aromatic rings. The number of rotatable bonds is 6. The smallest absolute Gasteiger partial charge is 0.154 e. The molecule has 1 aliphatic heterocycles. The Balaban J connectivity index is 1.59. The van der Waals surface area contributed by atoms with Crippen LogP contribution in [-0.2, 0) is 6.54 Å². The molecular formula is C20H25N5O2. The average Bonchev–Trinajstić information content (AvgIpc) is 3.14. The van der Waals surface area contributed by atoms with Crippen molar-refractivity contribution in [1.29, 1.82) is 0 Å². The molecule has 0 aliphatic carbocycles. The summed E-state index contributed by atoms with van der Waals surface area (Å²) in [5.74, 6) is 1.41. The number of phenolic OH excluding ortho intramolecular Hbond substituents is 1. The Bertz CT molecular complexity index is 832. The Morgan fingerprint density at radius 3 is 2.85 bits per heavy atom. The summed E-state index contributed by atoms with van der Waals surface area (Å²) in [6.45, 7) is 4.53. The number of piperidine rings is 1. The first-order valence-corrected chi connectivity index (χ1v) is 9.12. The fourth-order valence-corrected chi connectivity index (χ4v) is 3.35. The first-order valence-electron chi connectivity index (χ1n) is 9.12. The summed E-state index contributed by atoms with van der Waals surface area (Å²) < 4.78 is 1.61. The zero-order valence-electron chi connectivity index (χ0n) is 15.4. The van der Waals surface area contributed by atoms with Gasteiger partial charge in [0.15, 0.2) is 5.82 Å². The van der Waals surface area contributed by atoms with Gasteiger partial charge in [-0.3, -0.25) is 4.90 Å². The van der Waals surface area contributed by atoms with Crippen molar-refractivity contribution in [1.82, 2.24) is 19.9 Å². The predicted octanol–water partition coefficient (Wildman–Crippen LogP) is 3.32. The van der Waals surface area contributed by atoms with Crippen molar-refractivity contribution in [2.45, 2.75) is 32.2 Å². The zero-order chi connectivity index (χ0) is 19.1. The van der Waals surface area contributed by atoms with Crippen molar-refractivity contribution in [2.24, 2.45) is 4.99 Å². The number of aliphatic hydroxyl groups excluding tert-OH is 1. The van der Waals surface area contributed by atoms with Crippen LogP contribution in [-0.4, -0.2) is 49.4 Å². The van der Waals surface area contributed by atoms with Crippen LogP contribution >= 0.6 is 0 Å². The monoisotopic (exact) mass is 367 g/mol. The van der Waals surface area contributed by atoms with E-state index in [2.05, 4.69) is 26.3 Å². The van der Waals surface area contributed by atoms with Gasteiger partial charge >= 0.3 is 0 Å². The molecule has 27 heavy (non-hydrogen) atoms. The second kappa shape index (κ2) is 9.14. The Morgan fingerprint density at radius 1 is 1.33 bits per heavy atom. The van der Waals surface area contributed by atoms with Gasteiger partial charge in [-0.05, 0) is 68.6 Å². The number of phenols is 1. The molecule has 0 radical (unpaired) electrons. The van der Waals surface area contributed by atoms with Crippen molar-refractivity contribution in [3.63, 3.8) is 0 Å². The number of hydrogen-bond donors (Lipinski definition) is 2. The van der Waals surface area contributed by atoms with Gasteiger partial charge in [-0.25, -0.2) is 9.67 Å². The van der Waals surface area contributed by atoms with E-state index in [1.165, 1.54) is 11.6 Å². The van der Waals surface area contributed by atoms with E-state index in [1.807, 2.05) is 25.3 Å². The van der Waals surface area contributed by atoms with E-state index in [4.69, 9.17) is 5.11 Å². The van der Waals surface area contributed by atoms with Gasteiger partial charge < -0.3 is 10.2 Å². The summed E-state index contributed by atoms with van der Waals surface area (Å²) in [6.07, 6.45) is 9.78. The average molecular weight is 367 g/mol. The Labute approximate surface area is 159 Å². The van der Waals surface area contributed by atoms with Gasteiger partial charge in [-0.2, -0.15) is 0 Å². The minimum absolute atomic E-state index is 0.334. The molecule has 1 aromatic heterocycles. The highest BCUT2D eigenvalue weighted by Gasteiger charge is 2.21. The normalized spacial score (nSPS) is 17.3. The Morgan fingerprint density at radius 2 is 2.15 bits per heavy atom. The van der Waals surface area contributed by atoms with E-state index < -0.39 is 0 Å². The Kier molecular flexibility index (Phi) is 6.38. The molecule has 7 nitrogen and oxygen atoms in total. The molecule has 2 heterocycles. The van der Waals surface area contributed by atoms with Crippen molar-refractivity contribution in [3.8, 4) is 5.75 Å². The molecule has 2 N–H and O–H groups in total. The number of nitrogens with zero attached hydrogens (tertiary/aromatic N) is 5. The fraction of sp³-hybridized carbons (Fsp3) is 0.350. The number of aromatic nitrogens is 3. The topological polar surface area (TPSA) is 86.8 Å². The maximum atomic E-state index is 9.67. The molecule has 1 aliphatic rings. The van der Waals surface area contributed by atoms with Crippen LogP contribution in [0, 0.1) is 0 Å². The molecule has 0 unspecified atom stereocenters. The summed E-state index contributed by atoms with van der Waals surface area (Å²) in [5.41, 5.74) is 2.10. The number of aromatic hydroxyl groups is 1. The fourth-order valence-electron chi connectivity index (χ4n) is 3.35. The van der Waals surface area contributed by atoms with Crippen molar-refractivity contribution in [2.75, 3.05) is 13.1 Å². The number of benzene rings is 1. The minimum Gasteiger partial charge on any atom is -0.516 e. The molecule has 1 fully saturated rings. The second-order valence-corrected chi connectivity index (χ2v) is 6.55. The lowest BCUT2D eigenvalue weighted by Crippen LogP contribution is -2.32. The number of allylic oxidation sites excluding steroid dienone is 2. The number of hydrogen-bond acceptors (Lipinski definition) is 6. The van der Waals surface area contributed by atoms with Crippen molar-refractivity contribution >= 4 is 12.0 Å². The molecule has 0 atom stereocenters. The number of aliphatic imine (C=N–C) groups is 1. The minimum atomic E-state index is 0.334. The third kappa shape index (κ3) is 5.04. The molecule has 0 bridgehead atoms. The van der Waals surface area contributed by atoms with Gasteiger partial charge in [0.2, 0.25) is 0 Å². The molecule has 1 saturated heterocycles.